The van der Waals surface area contributed by atoms with Gasteiger partial charge in [-0.1, -0.05) is 39.7 Å². The average Bonchev–Trinajstić information content (AvgIpc) is 2.01. The summed E-state index contributed by atoms with van der Waals surface area (Å²) in [6.07, 6.45) is 1.32. The van der Waals surface area contributed by atoms with E-state index < -0.39 is 6.10 Å². The molecule has 14 heavy (non-hydrogen) atoms. The number of benzene rings is 1. The third-order valence-electron chi connectivity index (χ3n) is 1.85. The van der Waals surface area contributed by atoms with Gasteiger partial charge in [0.15, 0.2) is 0 Å². The maximum absolute atomic E-state index is 9.20. The summed E-state index contributed by atoms with van der Waals surface area (Å²) >= 11 is 9.40. The zero-order valence-corrected chi connectivity index (χ0v) is 10.4. The van der Waals surface area contributed by atoms with E-state index in [2.05, 4.69) is 15.9 Å². The highest BCUT2D eigenvalue weighted by atomic mass is 79.9. The van der Waals surface area contributed by atoms with Crippen LogP contribution in [0.15, 0.2) is 28.7 Å². The van der Waals surface area contributed by atoms with Crippen LogP contribution in [0, 0.1) is 0 Å². The smallest absolute Gasteiger partial charge is 0.0698 e. The first-order chi connectivity index (χ1) is 6.50. The van der Waals surface area contributed by atoms with Crippen LogP contribution < -0.4 is 0 Å². The van der Waals surface area contributed by atoms with E-state index in [4.69, 9.17) is 11.6 Å². The minimum Gasteiger partial charge on any atom is -0.389 e. The second-order valence-corrected chi connectivity index (χ2v) is 4.54. The van der Waals surface area contributed by atoms with Gasteiger partial charge in [-0.3, -0.25) is 0 Å². The van der Waals surface area contributed by atoms with Crippen molar-refractivity contribution >= 4 is 33.1 Å². The number of aliphatic hydroxyl groups is 1. The van der Waals surface area contributed by atoms with Crippen molar-refractivity contribution in [2.75, 3.05) is 0 Å². The third-order valence-corrected chi connectivity index (χ3v) is 2.65. The van der Waals surface area contributed by atoms with Gasteiger partial charge in [0.2, 0.25) is 0 Å². The fourth-order valence-electron chi connectivity index (χ4n) is 1.26. The summed E-state index contributed by atoms with van der Waals surface area (Å²) in [5.74, 6) is 0. The molecule has 0 spiro atoms. The van der Waals surface area contributed by atoms with Gasteiger partial charge >= 0.3 is 0 Å². The van der Waals surface area contributed by atoms with E-state index in [1.54, 1.807) is 13.0 Å². The van der Waals surface area contributed by atoms with E-state index in [1.165, 1.54) is 0 Å². The van der Waals surface area contributed by atoms with Crippen LogP contribution in [-0.2, 0) is 0 Å². The Balaban J connectivity index is 3.07. The predicted molar refractivity (Wildman–Crippen MR) is 64.5 cm³/mol. The molecule has 0 heterocycles. The van der Waals surface area contributed by atoms with Crippen LogP contribution in [0.2, 0.25) is 5.02 Å². The van der Waals surface area contributed by atoms with Gasteiger partial charge in [0.25, 0.3) is 0 Å². The molecule has 3 heteroatoms. The second kappa shape index (κ2) is 4.96. The normalized spacial score (nSPS) is 14.2. The number of hydrogen-bond acceptors (Lipinski definition) is 1. The van der Waals surface area contributed by atoms with Crippen molar-refractivity contribution in [1.82, 2.24) is 0 Å². The Labute approximate surface area is 97.5 Å². The molecule has 0 aromatic heterocycles. The van der Waals surface area contributed by atoms with Crippen LogP contribution in [0.1, 0.15) is 19.4 Å². The lowest BCUT2D eigenvalue weighted by molar-refractivity contribution is 0.244. The summed E-state index contributed by atoms with van der Waals surface area (Å²) in [5.41, 5.74) is 1.94. The maximum Gasteiger partial charge on any atom is 0.0698 e. The summed E-state index contributed by atoms with van der Waals surface area (Å²) < 4.78 is 0.955. The summed E-state index contributed by atoms with van der Waals surface area (Å²) in [6, 6.07) is 5.71. The zero-order chi connectivity index (χ0) is 10.7. The van der Waals surface area contributed by atoms with Crippen molar-refractivity contribution in [3.05, 3.63) is 39.3 Å². The topological polar surface area (TPSA) is 20.2 Å². The van der Waals surface area contributed by atoms with E-state index >= 15 is 0 Å². The first-order valence-electron chi connectivity index (χ1n) is 4.32. The van der Waals surface area contributed by atoms with Gasteiger partial charge in [-0.05, 0) is 37.1 Å². The number of aliphatic hydroxyl groups excluding tert-OH is 1. The number of halogens is 2. The minimum absolute atomic E-state index is 0.449. The van der Waals surface area contributed by atoms with Crippen molar-refractivity contribution in [3.63, 3.8) is 0 Å². The second-order valence-electron chi connectivity index (χ2n) is 3.21. The number of allylic oxidation sites excluding steroid dienone is 1. The van der Waals surface area contributed by atoms with Crippen LogP contribution in [0.25, 0.3) is 5.57 Å². The molecule has 76 valence electrons. The van der Waals surface area contributed by atoms with Gasteiger partial charge in [-0.15, -0.1) is 0 Å². The highest BCUT2D eigenvalue weighted by Gasteiger charge is 2.03. The molecule has 1 nitrogen and oxygen atoms in total. The highest BCUT2D eigenvalue weighted by Crippen LogP contribution is 2.27. The van der Waals surface area contributed by atoms with Crippen LogP contribution in [0.3, 0.4) is 0 Å². The molecule has 0 bridgehead atoms. The minimum atomic E-state index is -0.449. The summed E-state index contributed by atoms with van der Waals surface area (Å²) in [5, 5.41) is 9.89. The molecular formula is C11H12BrClO. The van der Waals surface area contributed by atoms with Gasteiger partial charge in [-0.2, -0.15) is 0 Å². The number of hydrogen-bond donors (Lipinski definition) is 1. The van der Waals surface area contributed by atoms with Gasteiger partial charge in [0.05, 0.1) is 6.10 Å². The summed E-state index contributed by atoms with van der Waals surface area (Å²) in [4.78, 5) is 0. The Morgan fingerprint density at radius 1 is 1.57 bits per heavy atom. The average molecular weight is 276 g/mol. The first kappa shape index (κ1) is 11.8. The van der Waals surface area contributed by atoms with Gasteiger partial charge < -0.3 is 5.11 Å². The fraction of sp³-hybridized carbons (Fsp3) is 0.273. The maximum atomic E-state index is 9.20. The van der Waals surface area contributed by atoms with Crippen molar-refractivity contribution in [3.8, 4) is 0 Å². The zero-order valence-electron chi connectivity index (χ0n) is 8.09. The van der Waals surface area contributed by atoms with Gasteiger partial charge in [0, 0.05) is 9.50 Å². The highest BCUT2D eigenvalue weighted by molar-refractivity contribution is 9.10. The Morgan fingerprint density at radius 2 is 2.21 bits per heavy atom. The molecule has 0 aliphatic carbocycles. The van der Waals surface area contributed by atoms with E-state index in [0.717, 1.165) is 15.6 Å². The SMILES string of the molecule is C/C(=C/C(C)O)c1ccc(Br)cc1Cl. The van der Waals surface area contributed by atoms with Crippen molar-refractivity contribution in [2.24, 2.45) is 0 Å². The van der Waals surface area contributed by atoms with E-state index in [0.29, 0.717) is 5.02 Å². The van der Waals surface area contributed by atoms with Gasteiger partial charge in [-0.25, -0.2) is 0 Å². The van der Waals surface area contributed by atoms with E-state index in [-0.39, 0.29) is 0 Å². The molecule has 1 aromatic carbocycles. The van der Waals surface area contributed by atoms with E-state index in [1.807, 2.05) is 25.1 Å². The largest absolute Gasteiger partial charge is 0.389 e. The monoisotopic (exact) mass is 274 g/mol. The van der Waals surface area contributed by atoms with Crippen LogP contribution in [-0.4, -0.2) is 11.2 Å². The molecule has 0 radical (unpaired) electrons. The molecule has 1 rings (SSSR count). The van der Waals surface area contributed by atoms with Crippen molar-refractivity contribution in [2.45, 2.75) is 20.0 Å². The molecule has 0 saturated heterocycles. The molecule has 1 aromatic rings. The van der Waals surface area contributed by atoms with Crippen molar-refractivity contribution < 1.29 is 5.11 Å². The Morgan fingerprint density at radius 3 is 2.71 bits per heavy atom. The van der Waals surface area contributed by atoms with Crippen LogP contribution >= 0.6 is 27.5 Å². The summed E-state index contributed by atoms with van der Waals surface area (Å²) in [6.45, 7) is 3.65. The Hall–Kier alpha value is -0.310. The molecular weight excluding hydrogens is 263 g/mol. The third kappa shape index (κ3) is 3.12. The predicted octanol–water partition coefficient (Wildman–Crippen LogP) is 3.89. The number of rotatable bonds is 2. The summed E-state index contributed by atoms with van der Waals surface area (Å²) in [7, 11) is 0. The Bertz CT molecular complexity index is 358. The molecule has 0 amide bonds. The molecule has 1 unspecified atom stereocenters. The quantitative estimate of drug-likeness (QED) is 0.868. The molecule has 0 aliphatic rings. The fourth-order valence-corrected chi connectivity index (χ4v) is 2.08. The molecule has 1 N–H and O–H groups in total. The lowest BCUT2D eigenvalue weighted by atomic mass is 10.1. The van der Waals surface area contributed by atoms with Gasteiger partial charge in [0.1, 0.15) is 0 Å². The molecule has 0 fully saturated rings. The van der Waals surface area contributed by atoms with Crippen molar-refractivity contribution in [1.29, 1.82) is 0 Å². The molecule has 1 atom stereocenters. The molecule has 0 saturated carbocycles. The standard InChI is InChI=1S/C11H12BrClO/c1-7(5-8(2)14)10-4-3-9(12)6-11(10)13/h3-6,8,14H,1-2H3/b7-5-. The van der Waals surface area contributed by atoms with Crippen LogP contribution in [0.4, 0.5) is 0 Å². The first-order valence-corrected chi connectivity index (χ1v) is 5.49. The van der Waals surface area contributed by atoms with E-state index in [9.17, 15) is 5.11 Å². The lowest BCUT2D eigenvalue weighted by Crippen LogP contribution is -1.94. The Kier molecular flexibility index (Phi) is 4.17. The molecule has 0 aliphatic heterocycles. The lowest BCUT2D eigenvalue weighted by Gasteiger charge is -2.06. The van der Waals surface area contributed by atoms with Crippen LogP contribution in [0.5, 0.6) is 0 Å².